The SMILES string of the molecule is CCNC(=NCC(OC)C(C)(C)C)NC1CCN(Cc2ccccn2)CC1.I. The summed E-state index contributed by atoms with van der Waals surface area (Å²) in [7, 11) is 1.77. The number of ether oxygens (including phenoxy) is 1. The van der Waals surface area contributed by atoms with Crippen molar-refractivity contribution < 1.29 is 4.74 Å². The molecule has 1 atom stereocenters. The standard InChI is InChI=1S/C21H37N5O.HI/c1-6-22-20(24-15-19(27-5)21(2,3)4)25-17-10-13-26(14-11-17)16-18-9-7-8-12-23-18;/h7-9,12,17,19H,6,10-11,13-16H2,1-5H3,(H2,22,24,25);1H. The summed E-state index contributed by atoms with van der Waals surface area (Å²) in [5.41, 5.74) is 1.22. The van der Waals surface area contributed by atoms with E-state index in [4.69, 9.17) is 9.73 Å². The lowest BCUT2D eigenvalue weighted by Gasteiger charge is -2.33. The highest BCUT2D eigenvalue weighted by atomic mass is 127. The van der Waals surface area contributed by atoms with Gasteiger partial charge in [-0.15, -0.1) is 24.0 Å². The normalized spacial score (nSPS) is 17.7. The van der Waals surface area contributed by atoms with Gasteiger partial charge >= 0.3 is 0 Å². The lowest BCUT2D eigenvalue weighted by molar-refractivity contribution is 0.0241. The van der Waals surface area contributed by atoms with Crippen LogP contribution in [0.15, 0.2) is 29.4 Å². The molecule has 28 heavy (non-hydrogen) atoms. The van der Waals surface area contributed by atoms with Crippen molar-refractivity contribution in [1.29, 1.82) is 0 Å². The summed E-state index contributed by atoms with van der Waals surface area (Å²) in [5.74, 6) is 0.895. The van der Waals surface area contributed by atoms with Crippen LogP contribution in [-0.2, 0) is 11.3 Å². The number of guanidine groups is 1. The summed E-state index contributed by atoms with van der Waals surface area (Å²) in [4.78, 5) is 11.7. The largest absolute Gasteiger partial charge is 0.379 e. The maximum absolute atomic E-state index is 5.63. The van der Waals surface area contributed by atoms with E-state index in [1.807, 2.05) is 12.3 Å². The number of methoxy groups -OCH3 is 1. The number of aliphatic imine (C=N–C) groups is 1. The Hall–Kier alpha value is -0.930. The topological polar surface area (TPSA) is 61.8 Å². The Kier molecular flexibility index (Phi) is 11.3. The molecule has 2 N–H and O–H groups in total. The first-order valence-corrected chi connectivity index (χ1v) is 10.1. The van der Waals surface area contributed by atoms with E-state index in [0.717, 1.165) is 50.7 Å². The summed E-state index contributed by atoms with van der Waals surface area (Å²) < 4.78 is 5.63. The van der Waals surface area contributed by atoms with E-state index < -0.39 is 0 Å². The summed E-state index contributed by atoms with van der Waals surface area (Å²) in [6, 6.07) is 6.58. The Morgan fingerprint density at radius 3 is 2.57 bits per heavy atom. The van der Waals surface area contributed by atoms with Crippen LogP contribution in [0.1, 0.15) is 46.2 Å². The molecule has 1 aromatic rings. The smallest absolute Gasteiger partial charge is 0.191 e. The van der Waals surface area contributed by atoms with Gasteiger partial charge in [0.2, 0.25) is 0 Å². The van der Waals surface area contributed by atoms with Gasteiger partial charge in [-0.1, -0.05) is 26.8 Å². The highest BCUT2D eigenvalue weighted by Crippen LogP contribution is 2.22. The minimum absolute atomic E-state index is 0. The van der Waals surface area contributed by atoms with E-state index in [-0.39, 0.29) is 35.5 Å². The van der Waals surface area contributed by atoms with Crippen LogP contribution in [0.2, 0.25) is 0 Å². The van der Waals surface area contributed by atoms with Gasteiger partial charge in [-0.25, -0.2) is 0 Å². The molecule has 0 amide bonds. The zero-order valence-electron chi connectivity index (χ0n) is 18.1. The van der Waals surface area contributed by atoms with Gasteiger partial charge in [0, 0.05) is 45.5 Å². The highest BCUT2D eigenvalue weighted by Gasteiger charge is 2.25. The van der Waals surface area contributed by atoms with Gasteiger partial charge in [-0.2, -0.15) is 0 Å². The van der Waals surface area contributed by atoms with Crippen molar-refractivity contribution in [1.82, 2.24) is 20.5 Å². The predicted molar refractivity (Wildman–Crippen MR) is 127 cm³/mol. The zero-order chi connectivity index (χ0) is 19.7. The average Bonchev–Trinajstić information content (AvgIpc) is 2.63. The molecule has 1 aromatic heterocycles. The number of rotatable bonds is 7. The van der Waals surface area contributed by atoms with Crippen LogP contribution in [0.25, 0.3) is 0 Å². The second-order valence-electron chi connectivity index (χ2n) is 8.33. The van der Waals surface area contributed by atoms with Crippen molar-refractivity contribution in [3.63, 3.8) is 0 Å². The van der Waals surface area contributed by atoms with E-state index in [9.17, 15) is 0 Å². The number of aromatic nitrogens is 1. The van der Waals surface area contributed by atoms with E-state index >= 15 is 0 Å². The first kappa shape index (κ1) is 25.1. The van der Waals surface area contributed by atoms with Gasteiger partial charge in [0.15, 0.2) is 5.96 Å². The minimum Gasteiger partial charge on any atom is -0.379 e. The van der Waals surface area contributed by atoms with E-state index in [1.165, 1.54) is 0 Å². The molecule has 6 nitrogen and oxygen atoms in total. The molecule has 2 rings (SSSR count). The molecular formula is C21H38IN5O. The van der Waals surface area contributed by atoms with E-state index in [2.05, 4.69) is 60.3 Å². The number of nitrogens with one attached hydrogen (secondary N) is 2. The third-order valence-electron chi connectivity index (χ3n) is 5.05. The molecule has 1 fully saturated rings. The molecule has 1 unspecified atom stereocenters. The molecule has 0 spiro atoms. The van der Waals surface area contributed by atoms with Crippen LogP contribution >= 0.6 is 24.0 Å². The maximum Gasteiger partial charge on any atom is 0.191 e. The van der Waals surface area contributed by atoms with Crippen LogP contribution in [-0.4, -0.2) is 61.3 Å². The molecule has 2 heterocycles. The van der Waals surface area contributed by atoms with Crippen LogP contribution in [0.3, 0.4) is 0 Å². The number of pyridine rings is 1. The number of likely N-dealkylation sites (tertiary alicyclic amines) is 1. The Morgan fingerprint density at radius 2 is 2.04 bits per heavy atom. The lowest BCUT2D eigenvalue weighted by atomic mass is 9.89. The van der Waals surface area contributed by atoms with Gasteiger partial charge in [0.1, 0.15) is 0 Å². The van der Waals surface area contributed by atoms with Crippen molar-refractivity contribution in [3.8, 4) is 0 Å². The monoisotopic (exact) mass is 503 g/mol. The van der Waals surface area contributed by atoms with Crippen molar-refractivity contribution in [2.75, 3.05) is 33.3 Å². The molecule has 1 aliphatic heterocycles. The van der Waals surface area contributed by atoms with Crippen molar-refractivity contribution in [2.45, 2.75) is 59.2 Å². The molecule has 7 heteroatoms. The fourth-order valence-electron chi connectivity index (χ4n) is 3.35. The predicted octanol–water partition coefficient (Wildman–Crippen LogP) is 3.28. The lowest BCUT2D eigenvalue weighted by Crippen LogP contribution is -2.49. The van der Waals surface area contributed by atoms with Crippen LogP contribution in [0.5, 0.6) is 0 Å². The fourth-order valence-corrected chi connectivity index (χ4v) is 3.35. The number of nitrogens with zero attached hydrogens (tertiary/aromatic N) is 3. The molecule has 0 radical (unpaired) electrons. The van der Waals surface area contributed by atoms with Crippen molar-refractivity contribution >= 4 is 29.9 Å². The van der Waals surface area contributed by atoms with Gasteiger partial charge < -0.3 is 15.4 Å². The van der Waals surface area contributed by atoms with E-state index in [0.29, 0.717) is 12.6 Å². The quantitative estimate of drug-likeness (QED) is 0.340. The molecule has 0 aromatic carbocycles. The summed E-state index contributed by atoms with van der Waals surface area (Å²) in [6.07, 6.45) is 4.20. The Labute approximate surface area is 187 Å². The number of hydrogen-bond acceptors (Lipinski definition) is 4. The number of halogens is 1. The summed E-state index contributed by atoms with van der Waals surface area (Å²) in [6.45, 7) is 13.3. The van der Waals surface area contributed by atoms with Crippen LogP contribution in [0, 0.1) is 5.41 Å². The van der Waals surface area contributed by atoms with Gasteiger partial charge in [0.25, 0.3) is 0 Å². The highest BCUT2D eigenvalue weighted by molar-refractivity contribution is 14.0. The average molecular weight is 503 g/mol. The van der Waals surface area contributed by atoms with Crippen molar-refractivity contribution in [3.05, 3.63) is 30.1 Å². The summed E-state index contributed by atoms with van der Waals surface area (Å²) in [5, 5.41) is 6.98. The van der Waals surface area contributed by atoms with Gasteiger partial charge in [-0.3, -0.25) is 14.9 Å². The zero-order valence-corrected chi connectivity index (χ0v) is 20.4. The molecular weight excluding hydrogens is 465 g/mol. The molecule has 1 saturated heterocycles. The van der Waals surface area contributed by atoms with Gasteiger partial charge in [-0.05, 0) is 37.3 Å². The Morgan fingerprint density at radius 1 is 1.32 bits per heavy atom. The van der Waals surface area contributed by atoms with Crippen molar-refractivity contribution in [2.24, 2.45) is 10.4 Å². The first-order chi connectivity index (χ1) is 12.9. The molecule has 0 saturated carbocycles. The van der Waals surface area contributed by atoms with E-state index in [1.54, 1.807) is 7.11 Å². The maximum atomic E-state index is 5.63. The fraction of sp³-hybridized carbons (Fsp3) is 0.714. The molecule has 1 aliphatic rings. The third-order valence-corrected chi connectivity index (χ3v) is 5.05. The molecule has 0 aliphatic carbocycles. The number of piperidine rings is 1. The Bertz CT molecular complexity index is 568. The van der Waals surface area contributed by atoms with Crippen LogP contribution < -0.4 is 10.6 Å². The van der Waals surface area contributed by atoms with Gasteiger partial charge in [0.05, 0.1) is 18.3 Å². The molecule has 160 valence electrons. The second kappa shape index (κ2) is 12.6. The minimum atomic E-state index is 0. The number of hydrogen-bond donors (Lipinski definition) is 2. The van der Waals surface area contributed by atoms with Crippen LogP contribution in [0.4, 0.5) is 0 Å². The molecule has 0 bridgehead atoms. The summed E-state index contributed by atoms with van der Waals surface area (Å²) >= 11 is 0. The second-order valence-corrected chi connectivity index (χ2v) is 8.33. The first-order valence-electron chi connectivity index (χ1n) is 10.1. The Balaban J connectivity index is 0.00000392. The third kappa shape index (κ3) is 8.61.